The van der Waals surface area contributed by atoms with Crippen LogP contribution in [0.5, 0.6) is 0 Å². The second-order valence-electron chi connectivity index (χ2n) is 5.33. The van der Waals surface area contributed by atoms with E-state index < -0.39 is 11.9 Å². The van der Waals surface area contributed by atoms with Crippen LogP contribution < -0.4 is 5.32 Å². The van der Waals surface area contributed by atoms with E-state index in [0.29, 0.717) is 29.9 Å². The summed E-state index contributed by atoms with van der Waals surface area (Å²) in [6, 6.07) is 5.00. The van der Waals surface area contributed by atoms with E-state index in [4.69, 9.17) is 0 Å². The van der Waals surface area contributed by atoms with Crippen molar-refractivity contribution >= 4 is 11.9 Å². The molecule has 6 heteroatoms. The SMILES string of the molecule is C=CCN1CC2=C(C1=O)C(c1cccc(F)c1)NC(=O)N2C. The predicted octanol–water partition coefficient (Wildman–Crippen LogP) is 1.80. The van der Waals surface area contributed by atoms with Crippen LogP contribution in [-0.4, -0.2) is 41.9 Å². The molecule has 22 heavy (non-hydrogen) atoms. The molecule has 0 spiro atoms. The van der Waals surface area contributed by atoms with E-state index in [9.17, 15) is 14.0 Å². The summed E-state index contributed by atoms with van der Waals surface area (Å²) in [6.45, 7) is 4.40. The van der Waals surface area contributed by atoms with Gasteiger partial charge in [-0.15, -0.1) is 6.58 Å². The first-order valence-electron chi connectivity index (χ1n) is 6.96. The van der Waals surface area contributed by atoms with Crippen LogP contribution >= 0.6 is 0 Å². The van der Waals surface area contributed by atoms with Gasteiger partial charge in [0, 0.05) is 13.6 Å². The smallest absolute Gasteiger partial charge is 0.322 e. The number of rotatable bonds is 3. The van der Waals surface area contributed by atoms with Gasteiger partial charge < -0.3 is 10.2 Å². The zero-order valence-corrected chi connectivity index (χ0v) is 12.2. The van der Waals surface area contributed by atoms with Crippen molar-refractivity contribution in [2.75, 3.05) is 20.1 Å². The van der Waals surface area contributed by atoms with Crippen molar-refractivity contribution in [1.82, 2.24) is 15.1 Å². The fourth-order valence-electron chi connectivity index (χ4n) is 2.86. The highest BCUT2D eigenvalue weighted by Gasteiger charge is 2.42. The molecule has 2 aliphatic heterocycles. The Kier molecular flexibility index (Phi) is 3.44. The van der Waals surface area contributed by atoms with E-state index >= 15 is 0 Å². The van der Waals surface area contributed by atoms with Gasteiger partial charge in [-0.25, -0.2) is 9.18 Å². The quantitative estimate of drug-likeness (QED) is 0.866. The van der Waals surface area contributed by atoms with E-state index in [-0.39, 0.29) is 11.9 Å². The number of urea groups is 1. The van der Waals surface area contributed by atoms with E-state index in [1.165, 1.54) is 17.0 Å². The Bertz CT molecular complexity index is 698. The Morgan fingerprint density at radius 2 is 2.23 bits per heavy atom. The van der Waals surface area contributed by atoms with Crippen molar-refractivity contribution in [3.63, 3.8) is 0 Å². The lowest BCUT2D eigenvalue weighted by atomic mass is 9.96. The molecule has 0 fully saturated rings. The highest BCUT2D eigenvalue weighted by atomic mass is 19.1. The molecule has 1 aromatic rings. The van der Waals surface area contributed by atoms with E-state index in [1.54, 1.807) is 30.2 Å². The molecule has 0 aromatic heterocycles. The highest BCUT2D eigenvalue weighted by molar-refractivity contribution is 6.01. The number of benzene rings is 1. The van der Waals surface area contributed by atoms with Crippen molar-refractivity contribution in [1.29, 1.82) is 0 Å². The number of nitrogens with zero attached hydrogens (tertiary/aromatic N) is 2. The zero-order chi connectivity index (χ0) is 15.9. The summed E-state index contributed by atoms with van der Waals surface area (Å²) in [5.41, 5.74) is 1.71. The second kappa shape index (κ2) is 5.29. The summed E-state index contributed by atoms with van der Waals surface area (Å²) in [7, 11) is 1.62. The van der Waals surface area contributed by atoms with Crippen molar-refractivity contribution in [3.8, 4) is 0 Å². The average molecular weight is 301 g/mol. The average Bonchev–Trinajstić information content (AvgIpc) is 2.81. The normalized spacial score (nSPS) is 21.1. The Morgan fingerprint density at radius 3 is 2.91 bits per heavy atom. The maximum atomic E-state index is 13.5. The maximum absolute atomic E-state index is 13.5. The number of nitrogens with one attached hydrogen (secondary N) is 1. The monoisotopic (exact) mass is 301 g/mol. The first-order chi connectivity index (χ1) is 10.5. The minimum absolute atomic E-state index is 0.156. The van der Waals surface area contributed by atoms with Crippen LogP contribution in [0.4, 0.5) is 9.18 Å². The molecule has 2 aliphatic rings. The first-order valence-corrected chi connectivity index (χ1v) is 6.96. The number of amides is 3. The van der Waals surface area contributed by atoms with Crippen molar-refractivity contribution in [3.05, 3.63) is 59.6 Å². The summed E-state index contributed by atoms with van der Waals surface area (Å²) in [5, 5.41) is 2.76. The molecule has 1 unspecified atom stereocenters. The summed E-state index contributed by atoms with van der Waals surface area (Å²) < 4.78 is 13.5. The van der Waals surface area contributed by atoms with Crippen LogP contribution in [0.25, 0.3) is 0 Å². The number of hydrogen-bond acceptors (Lipinski definition) is 2. The number of carbonyl (C=O) groups excluding carboxylic acids is 2. The summed E-state index contributed by atoms with van der Waals surface area (Å²) >= 11 is 0. The maximum Gasteiger partial charge on any atom is 0.322 e. The lowest BCUT2D eigenvalue weighted by Gasteiger charge is -2.31. The lowest BCUT2D eigenvalue weighted by Crippen LogP contribution is -2.45. The van der Waals surface area contributed by atoms with Gasteiger partial charge in [0.2, 0.25) is 0 Å². The zero-order valence-electron chi connectivity index (χ0n) is 12.2. The van der Waals surface area contributed by atoms with Gasteiger partial charge in [0.25, 0.3) is 5.91 Å². The van der Waals surface area contributed by atoms with Gasteiger partial charge in [0.1, 0.15) is 5.82 Å². The standard InChI is InChI=1S/C16H16FN3O2/c1-3-7-20-9-12-13(15(20)21)14(18-16(22)19(12)2)10-5-4-6-11(17)8-10/h3-6,8,14H,1,7,9H2,2H3,(H,18,22). The van der Waals surface area contributed by atoms with Crippen LogP contribution in [0.3, 0.4) is 0 Å². The van der Waals surface area contributed by atoms with Crippen LogP contribution in [0.2, 0.25) is 0 Å². The van der Waals surface area contributed by atoms with Crippen LogP contribution in [-0.2, 0) is 4.79 Å². The van der Waals surface area contributed by atoms with Crippen molar-refractivity contribution < 1.29 is 14.0 Å². The molecule has 3 amide bonds. The molecule has 5 nitrogen and oxygen atoms in total. The molecule has 0 aliphatic carbocycles. The fourth-order valence-corrected chi connectivity index (χ4v) is 2.86. The Morgan fingerprint density at radius 1 is 1.45 bits per heavy atom. The largest absolute Gasteiger partial charge is 0.329 e. The summed E-state index contributed by atoms with van der Waals surface area (Å²) in [5.74, 6) is -0.558. The number of hydrogen-bond donors (Lipinski definition) is 1. The topological polar surface area (TPSA) is 52.7 Å². The predicted molar refractivity (Wildman–Crippen MR) is 79.2 cm³/mol. The van der Waals surface area contributed by atoms with Crippen LogP contribution in [0.1, 0.15) is 11.6 Å². The third-order valence-electron chi connectivity index (χ3n) is 3.97. The summed E-state index contributed by atoms with van der Waals surface area (Å²) in [4.78, 5) is 27.8. The third-order valence-corrected chi connectivity index (χ3v) is 3.97. The number of likely N-dealkylation sites (N-methyl/N-ethyl adjacent to an activating group) is 1. The molecule has 1 atom stereocenters. The minimum atomic E-state index is -0.628. The van der Waals surface area contributed by atoms with Gasteiger partial charge in [-0.1, -0.05) is 18.2 Å². The van der Waals surface area contributed by atoms with Gasteiger partial charge in [-0.05, 0) is 17.7 Å². The Hall–Kier alpha value is -2.63. The van der Waals surface area contributed by atoms with Gasteiger partial charge in [0.15, 0.2) is 0 Å². The molecule has 1 aromatic carbocycles. The molecular weight excluding hydrogens is 285 g/mol. The van der Waals surface area contributed by atoms with Gasteiger partial charge >= 0.3 is 6.03 Å². The number of carbonyl (C=O) groups is 2. The minimum Gasteiger partial charge on any atom is -0.329 e. The van der Waals surface area contributed by atoms with Gasteiger partial charge in [0.05, 0.1) is 23.9 Å². The molecule has 0 radical (unpaired) electrons. The third kappa shape index (κ3) is 2.16. The second-order valence-corrected chi connectivity index (χ2v) is 5.33. The van der Waals surface area contributed by atoms with E-state index in [0.717, 1.165) is 0 Å². The Labute approximate surface area is 127 Å². The van der Waals surface area contributed by atoms with Crippen molar-refractivity contribution in [2.24, 2.45) is 0 Å². The Balaban J connectivity index is 2.05. The first kappa shape index (κ1) is 14.3. The lowest BCUT2D eigenvalue weighted by molar-refractivity contribution is -0.125. The van der Waals surface area contributed by atoms with Crippen LogP contribution in [0, 0.1) is 5.82 Å². The molecule has 0 saturated carbocycles. The van der Waals surface area contributed by atoms with Gasteiger partial charge in [-0.3, -0.25) is 9.69 Å². The molecule has 1 N–H and O–H groups in total. The molecular formula is C16H16FN3O2. The van der Waals surface area contributed by atoms with E-state index in [1.807, 2.05) is 0 Å². The molecule has 0 bridgehead atoms. The molecule has 2 heterocycles. The van der Waals surface area contributed by atoms with Crippen molar-refractivity contribution in [2.45, 2.75) is 6.04 Å². The van der Waals surface area contributed by atoms with Gasteiger partial charge in [-0.2, -0.15) is 0 Å². The highest BCUT2D eigenvalue weighted by Crippen LogP contribution is 2.35. The fraction of sp³-hybridized carbons (Fsp3) is 0.250. The summed E-state index contributed by atoms with van der Waals surface area (Å²) in [6.07, 6.45) is 1.64. The molecule has 114 valence electrons. The molecule has 0 saturated heterocycles. The van der Waals surface area contributed by atoms with E-state index in [2.05, 4.69) is 11.9 Å². The van der Waals surface area contributed by atoms with Crippen LogP contribution in [0.15, 0.2) is 48.2 Å². The molecule has 3 rings (SSSR count). The number of halogens is 1.